The maximum absolute atomic E-state index is 11.5. The summed E-state index contributed by atoms with van der Waals surface area (Å²) in [6, 6.07) is 0. The molecule has 4 nitrogen and oxygen atoms in total. The number of nitrogens with two attached hydrogens (primary N) is 1. The van der Waals surface area contributed by atoms with E-state index >= 15 is 0 Å². The highest BCUT2D eigenvalue weighted by Gasteiger charge is 2.32. The molecule has 0 aliphatic rings. The second-order valence-corrected chi connectivity index (χ2v) is 4.88. The third kappa shape index (κ3) is 6.08. The molecular weight excluding hydrogens is 206 g/mol. The summed E-state index contributed by atoms with van der Waals surface area (Å²) in [6.45, 7) is 10.6. The summed E-state index contributed by atoms with van der Waals surface area (Å²) in [7, 11) is 0. The van der Waals surface area contributed by atoms with Crippen LogP contribution in [0.25, 0.3) is 0 Å². The fraction of sp³-hybridized carbons (Fsp3) is 0.917. The molecule has 4 heteroatoms. The van der Waals surface area contributed by atoms with Crippen molar-refractivity contribution in [1.82, 2.24) is 0 Å². The van der Waals surface area contributed by atoms with Crippen LogP contribution in [0, 0.1) is 5.92 Å². The molecule has 2 atom stereocenters. The molecule has 0 heterocycles. The number of hydrogen-bond donors (Lipinski definition) is 1. The van der Waals surface area contributed by atoms with Gasteiger partial charge in [-0.1, -0.05) is 13.8 Å². The Morgan fingerprint density at radius 1 is 1.38 bits per heavy atom. The van der Waals surface area contributed by atoms with Gasteiger partial charge in [0, 0.05) is 13.0 Å². The van der Waals surface area contributed by atoms with Crippen LogP contribution in [0.3, 0.4) is 0 Å². The Bertz CT molecular complexity index is 214. The Kier molecular flexibility index (Phi) is 6.60. The first kappa shape index (κ1) is 15.4. The molecule has 0 amide bonds. The van der Waals surface area contributed by atoms with E-state index in [9.17, 15) is 4.79 Å². The first-order chi connectivity index (χ1) is 7.29. The molecular formula is C12H25NO3. The monoisotopic (exact) mass is 231 g/mol. The summed E-state index contributed by atoms with van der Waals surface area (Å²) in [5, 5.41) is 0. The summed E-state index contributed by atoms with van der Waals surface area (Å²) >= 11 is 0. The Labute approximate surface area is 98.5 Å². The van der Waals surface area contributed by atoms with E-state index in [0.29, 0.717) is 25.6 Å². The van der Waals surface area contributed by atoms with Crippen LogP contribution in [0.4, 0.5) is 0 Å². The standard InChI is InChI=1S/C12H25NO3/c1-6-15-11(14)12(5,13)7-10(4)16-8-9(2)3/h9-10H,6-8,13H2,1-5H3. The van der Waals surface area contributed by atoms with Crippen LogP contribution < -0.4 is 5.73 Å². The average Bonchev–Trinajstić information content (AvgIpc) is 2.14. The smallest absolute Gasteiger partial charge is 0.325 e. The van der Waals surface area contributed by atoms with Crippen molar-refractivity contribution in [3.8, 4) is 0 Å². The molecule has 0 aromatic heterocycles. The molecule has 2 N–H and O–H groups in total. The van der Waals surface area contributed by atoms with Gasteiger partial charge in [0.1, 0.15) is 5.54 Å². The minimum atomic E-state index is -0.966. The molecule has 0 rings (SSSR count). The van der Waals surface area contributed by atoms with Crippen molar-refractivity contribution in [2.75, 3.05) is 13.2 Å². The van der Waals surface area contributed by atoms with Gasteiger partial charge in [0.05, 0.1) is 12.7 Å². The van der Waals surface area contributed by atoms with Crippen LogP contribution in [-0.4, -0.2) is 30.8 Å². The normalized spacial score (nSPS) is 16.9. The number of rotatable bonds is 7. The van der Waals surface area contributed by atoms with Crippen molar-refractivity contribution in [3.63, 3.8) is 0 Å². The number of carbonyl (C=O) groups excluding carboxylic acids is 1. The number of ether oxygens (including phenoxy) is 2. The molecule has 0 bridgehead atoms. The van der Waals surface area contributed by atoms with Crippen LogP contribution in [0.1, 0.15) is 41.0 Å². The zero-order valence-corrected chi connectivity index (χ0v) is 11.1. The molecule has 16 heavy (non-hydrogen) atoms. The fourth-order valence-electron chi connectivity index (χ4n) is 1.39. The van der Waals surface area contributed by atoms with Crippen molar-refractivity contribution >= 4 is 5.97 Å². The van der Waals surface area contributed by atoms with E-state index in [-0.39, 0.29) is 12.1 Å². The zero-order chi connectivity index (χ0) is 12.8. The van der Waals surface area contributed by atoms with Crippen LogP contribution in [0.15, 0.2) is 0 Å². The Morgan fingerprint density at radius 2 is 1.94 bits per heavy atom. The van der Waals surface area contributed by atoms with Gasteiger partial charge in [0.15, 0.2) is 0 Å². The predicted molar refractivity (Wildman–Crippen MR) is 64.1 cm³/mol. The number of esters is 1. The van der Waals surface area contributed by atoms with Gasteiger partial charge >= 0.3 is 5.97 Å². The second-order valence-electron chi connectivity index (χ2n) is 4.88. The summed E-state index contributed by atoms with van der Waals surface area (Å²) in [5.74, 6) is 0.115. The predicted octanol–water partition coefficient (Wildman–Crippen LogP) is 1.72. The molecule has 2 unspecified atom stereocenters. The molecule has 0 aliphatic carbocycles. The van der Waals surface area contributed by atoms with Gasteiger partial charge in [-0.2, -0.15) is 0 Å². The highest BCUT2D eigenvalue weighted by atomic mass is 16.5. The van der Waals surface area contributed by atoms with Crippen molar-refractivity contribution in [1.29, 1.82) is 0 Å². The minimum absolute atomic E-state index is 0.0400. The first-order valence-electron chi connectivity index (χ1n) is 5.87. The van der Waals surface area contributed by atoms with E-state index in [4.69, 9.17) is 15.2 Å². The summed E-state index contributed by atoms with van der Waals surface area (Å²) in [6.07, 6.45) is 0.431. The zero-order valence-electron chi connectivity index (χ0n) is 11.1. The molecule has 0 fully saturated rings. The van der Waals surface area contributed by atoms with Crippen LogP contribution in [0.2, 0.25) is 0 Å². The molecule has 0 saturated heterocycles. The molecule has 0 saturated carbocycles. The third-order valence-corrected chi connectivity index (χ3v) is 2.17. The van der Waals surface area contributed by atoms with Gasteiger partial charge in [0.25, 0.3) is 0 Å². The van der Waals surface area contributed by atoms with Crippen LogP contribution in [0.5, 0.6) is 0 Å². The largest absolute Gasteiger partial charge is 0.465 e. The Balaban J connectivity index is 4.08. The molecule has 0 aromatic carbocycles. The summed E-state index contributed by atoms with van der Waals surface area (Å²) < 4.78 is 10.5. The molecule has 0 aliphatic heterocycles. The van der Waals surface area contributed by atoms with Gasteiger partial charge in [-0.25, -0.2) is 0 Å². The van der Waals surface area contributed by atoms with E-state index in [2.05, 4.69) is 13.8 Å². The maximum Gasteiger partial charge on any atom is 0.325 e. The maximum atomic E-state index is 11.5. The highest BCUT2D eigenvalue weighted by Crippen LogP contribution is 2.14. The Hall–Kier alpha value is -0.610. The third-order valence-electron chi connectivity index (χ3n) is 2.17. The lowest BCUT2D eigenvalue weighted by molar-refractivity contribution is -0.150. The van der Waals surface area contributed by atoms with Gasteiger partial charge in [-0.05, 0) is 26.7 Å². The average molecular weight is 231 g/mol. The molecule has 0 spiro atoms. The highest BCUT2D eigenvalue weighted by molar-refractivity contribution is 5.80. The van der Waals surface area contributed by atoms with E-state index < -0.39 is 5.54 Å². The van der Waals surface area contributed by atoms with Gasteiger partial charge < -0.3 is 15.2 Å². The van der Waals surface area contributed by atoms with Crippen LogP contribution in [-0.2, 0) is 14.3 Å². The van der Waals surface area contributed by atoms with Crippen LogP contribution >= 0.6 is 0 Å². The lowest BCUT2D eigenvalue weighted by atomic mass is 9.96. The van der Waals surface area contributed by atoms with Crippen molar-refractivity contribution in [2.24, 2.45) is 11.7 Å². The van der Waals surface area contributed by atoms with E-state index in [0.717, 1.165) is 0 Å². The van der Waals surface area contributed by atoms with E-state index in [1.165, 1.54) is 0 Å². The second kappa shape index (κ2) is 6.86. The first-order valence-corrected chi connectivity index (χ1v) is 5.87. The van der Waals surface area contributed by atoms with E-state index in [1.54, 1.807) is 13.8 Å². The number of carbonyl (C=O) groups is 1. The Morgan fingerprint density at radius 3 is 2.38 bits per heavy atom. The van der Waals surface area contributed by atoms with Gasteiger partial charge in [-0.15, -0.1) is 0 Å². The van der Waals surface area contributed by atoms with E-state index in [1.807, 2.05) is 6.92 Å². The quantitative estimate of drug-likeness (QED) is 0.678. The summed E-state index contributed by atoms with van der Waals surface area (Å²) in [5.41, 5.74) is 4.93. The van der Waals surface area contributed by atoms with Gasteiger partial charge in [0.2, 0.25) is 0 Å². The lowest BCUT2D eigenvalue weighted by Crippen LogP contribution is -2.48. The van der Waals surface area contributed by atoms with Crippen molar-refractivity contribution < 1.29 is 14.3 Å². The fourth-order valence-corrected chi connectivity index (χ4v) is 1.39. The minimum Gasteiger partial charge on any atom is -0.465 e. The molecule has 0 radical (unpaired) electrons. The van der Waals surface area contributed by atoms with Gasteiger partial charge in [-0.3, -0.25) is 4.79 Å². The lowest BCUT2D eigenvalue weighted by Gasteiger charge is -2.26. The topological polar surface area (TPSA) is 61.5 Å². The summed E-state index contributed by atoms with van der Waals surface area (Å²) in [4.78, 5) is 11.5. The SMILES string of the molecule is CCOC(=O)C(C)(N)CC(C)OCC(C)C. The van der Waals surface area contributed by atoms with Crippen molar-refractivity contribution in [2.45, 2.75) is 52.7 Å². The molecule has 96 valence electrons. The number of hydrogen-bond acceptors (Lipinski definition) is 4. The molecule has 0 aromatic rings. The van der Waals surface area contributed by atoms with Crippen molar-refractivity contribution in [3.05, 3.63) is 0 Å².